The van der Waals surface area contributed by atoms with Gasteiger partial charge in [-0.2, -0.15) is 5.10 Å². The maximum Gasteiger partial charge on any atom is 0.228 e. The van der Waals surface area contributed by atoms with E-state index in [0.717, 1.165) is 37.4 Å². The van der Waals surface area contributed by atoms with Crippen molar-refractivity contribution in [3.63, 3.8) is 0 Å². The highest BCUT2D eigenvalue weighted by atomic mass is 16.2. The number of anilines is 1. The number of hydrogen-bond acceptors (Lipinski definition) is 4. The molecule has 2 bridgehead atoms. The monoisotopic (exact) mass is 322 g/mol. The molecule has 0 radical (unpaired) electrons. The normalized spacial score (nSPS) is 23.5. The summed E-state index contributed by atoms with van der Waals surface area (Å²) in [5.74, 6) is 1.24. The standard InChI is InChI=1S/C19H22N4O/c1-14-7-10-18(21-20-14)22-12-16-8-9-17(13-22)23(19(16)24)11-15-5-3-2-4-6-15/h2-7,10,16-17H,8-9,11-13H2,1H3/t16-,17+/m0/s1. The van der Waals surface area contributed by atoms with Crippen molar-refractivity contribution in [1.29, 1.82) is 0 Å². The van der Waals surface area contributed by atoms with Gasteiger partial charge in [-0.3, -0.25) is 4.79 Å². The van der Waals surface area contributed by atoms with Gasteiger partial charge in [0.05, 0.1) is 11.6 Å². The molecule has 1 aromatic heterocycles. The van der Waals surface area contributed by atoms with Crippen molar-refractivity contribution in [3.8, 4) is 0 Å². The number of rotatable bonds is 3. The minimum absolute atomic E-state index is 0.0653. The van der Waals surface area contributed by atoms with Gasteiger partial charge < -0.3 is 9.80 Å². The number of hydrogen-bond donors (Lipinski definition) is 0. The van der Waals surface area contributed by atoms with Crippen LogP contribution in [0.15, 0.2) is 42.5 Å². The van der Waals surface area contributed by atoms with Gasteiger partial charge in [0.15, 0.2) is 5.82 Å². The molecule has 3 saturated heterocycles. The summed E-state index contributed by atoms with van der Waals surface area (Å²) < 4.78 is 0. The molecule has 1 aromatic carbocycles. The number of benzene rings is 1. The van der Waals surface area contributed by atoms with E-state index < -0.39 is 0 Å². The highest BCUT2D eigenvalue weighted by Crippen LogP contribution is 2.32. The summed E-state index contributed by atoms with van der Waals surface area (Å²) in [6.07, 6.45) is 2.05. The first-order valence-corrected chi connectivity index (χ1v) is 8.60. The molecule has 2 atom stereocenters. The fourth-order valence-electron chi connectivity index (χ4n) is 3.78. The molecule has 3 aliphatic heterocycles. The first-order chi connectivity index (χ1) is 11.7. The second kappa shape index (κ2) is 6.23. The van der Waals surface area contributed by atoms with Gasteiger partial charge in [0, 0.05) is 25.7 Å². The second-order valence-corrected chi connectivity index (χ2v) is 6.82. The highest BCUT2D eigenvalue weighted by molar-refractivity contribution is 5.81. The minimum Gasteiger partial charge on any atom is -0.352 e. The fourth-order valence-corrected chi connectivity index (χ4v) is 3.78. The van der Waals surface area contributed by atoms with Crippen molar-refractivity contribution in [2.75, 3.05) is 18.0 Å². The molecule has 5 nitrogen and oxygen atoms in total. The van der Waals surface area contributed by atoms with Crippen LogP contribution in [0.3, 0.4) is 0 Å². The third kappa shape index (κ3) is 2.86. The second-order valence-electron chi connectivity index (χ2n) is 6.82. The smallest absolute Gasteiger partial charge is 0.228 e. The van der Waals surface area contributed by atoms with Gasteiger partial charge in [-0.1, -0.05) is 30.3 Å². The number of fused-ring (bicyclic) bond motifs is 4. The van der Waals surface area contributed by atoms with E-state index in [4.69, 9.17) is 0 Å². The molecular formula is C19H22N4O. The van der Waals surface area contributed by atoms with Crippen molar-refractivity contribution in [1.82, 2.24) is 15.1 Å². The van der Waals surface area contributed by atoms with Crippen LogP contribution in [-0.2, 0) is 11.3 Å². The highest BCUT2D eigenvalue weighted by Gasteiger charge is 2.40. The molecule has 1 amide bonds. The number of carbonyl (C=O) groups excluding carboxylic acids is 1. The van der Waals surface area contributed by atoms with Crippen molar-refractivity contribution in [3.05, 3.63) is 53.7 Å². The average molecular weight is 322 g/mol. The first kappa shape index (κ1) is 15.1. The molecule has 0 unspecified atom stereocenters. The minimum atomic E-state index is 0.0653. The van der Waals surface area contributed by atoms with E-state index >= 15 is 0 Å². The van der Waals surface area contributed by atoms with E-state index in [9.17, 15) is 4.79 Å². The molecule has 0 spiro atoms. The van der Waals surface area contributed by atoms with Crippen LogP contribution in [0, 0.1) is 12.8 Å². The number of piperidine rings is 1. The van der Waals surface area contributed by atoms with Crippen LogP contribution < -0.4 is 4.90 Å². The molecule has 0 saturated carbocycles. The van der Waals surface area contributed by atoms with Gasteiger partial charge in [0.1, 0.15) is 0 Å². The molecule has 3 fully saturated rings. The van der Waals surface area contributed by atoms with Crippen LogP contribution in [-0.4, -0.2) is 40.1 Å². The number of carbonyl (C=O) groups is 1. The molecule has 5 rings (SSSR count). The Hall–Kier alpha value is -2.43. The van der Waals surface area contributed by atoms with Gasteiger partial charge in [-0.15, -0.1) is 5.10 Å². The Morgan fingerprint density at radius 2 is 1.88 bits per heavy atom. The van der Waals surface area contributed by atoms with Gasteiger partial charge in [-0.25, -0.2) is 0 Å². The lowest BCUT2D eigenvalue weighted by Crippen LogP contribution is -2.47. The van der Waals surface area contributed by atoms with Crippen LogP contribution in [0.5, 0.6) is 0 Å². The zero-order chi connectivity index (χ0) is 16.5. The van der Waals surface area contributed by atoms with Crippen molar-refractivity contribution in [2.24, 2.45) is 5.92 Å². The maximum atomic E-state index is 12.9. The number of aromatic nitrogens is 2. The van der Waals surface area contributed by atoms with Gasteiger partial charge in [0.2, 0.25) is 5.91 Å². The van der Waals surface area contributed by atoms with Crippen LogP contribution in [0.25, 0.3) is 0 Å². The number of amides is 1. The SMILES string of the molecule is Cc1ccc(N2C[C@@H]3CC[C@H](C2)N(Cc2ccccc2)C3=O)nn1. The molecular weight excluding hydrogens is 300 g/mol. The Morgan fingerprint density at radius 3 is 2.62 bits per heavy atom. The zero-order valence-corrected chi connectivity index (χ0v) is 13.9. The predicted molar refractivity (Wildman–Crippen MR) is 92.5 cm³/mol. The van der Waals surface area contributed by atoms with Gasteiger partial charge in [-0.05, 0) is 37.5 Å². The predicted octanol–water partition coefficient (Wildman–Crippen LogP) is 2.41. The summed E-state index contributed by atoms with van der Waals surface area (Å²) in [7, 11) is 0. The van der Waals surface area contributed by atoms with E-state index in [0.29, 0.717) is 6.54 Å². The van der Waals surface area contributed by atoms with E-state index in [-0.39, 0.29) is 17.9 Å². The lowest BCUT2D eigenvalue weighted by molar-refractivity contribution is -0.140. The molecule has 2 aromatic rings. The zero-order valence-electron chi connectivity index (χ0n) is 13.9. The van der Waals surface area contributed by atoms with E-state index in [2.05, 4.69) is 32.1 Å². The third-order valence-corrected chi connectivity index (χ3v) is 5.10. The molecule has 4 heterocycles. The van der Waals surface area contributed by atoms with E-state index in [1.165, 1.54) is 5.56 Å². The molecule has 0 aliphatic carbocycles. The van der Waals surface area contributed by atoms with Crippen molar-refractivity contribution < 1.29 is 4.79 Å². The topological polar surface area (TPSA) is 49.3 Å². The molecule has 0 N–H and O–H groups in total. The van der Waals surface area contributed by atoms with Crippen LogP contribution in [0.2, 0.25) is 0 Å². The maximum absolute atomic E-state index is 12.9. The summed E-state index contributed by atoms with van der Waals surface area (Å²) in [6.45, 7) is 4.23. The Morgan fingerprint density at radius 1 is 1.04 bits per heavy atom. The quantitative estimate of drug-likeness (QED) is 0.871. The average Bonchev–Trinajstić information content (AvgIpc) is 2.89. The summed E-state index contributed by atoms with van der Waals surface area (Å²) >= 11 is 0. The summed E-state index contributed by atoms with van der Waals surface area (Å²) in [6, 6.07) is 14.5. The lowest BCUT2D eigenvalue weighted by Gasteiger charge is -2.36. The molecule has 5 heteroatoms. The van der Waals surface area contributed by atoms with Crippen LogP contribution in [0.1, 0.15) is 24.1 Å². The lowest BCUT2D eigenvalue weighted by atomic mass is 9.93. The first-order valence-electron chi connectivity index (χ1n) is 8.60. The summed E-state index contributed by atoms with van der Waals surface area (Å²) in [5.41, 5.74) is 2.11. The molecule has 124 valence electrons. The Balaban J connectivity index is 1.57. The number of aryl methyl sites for hydroxylation is 1. The van der Waals surface area contributed by atoms with Gasteiger partial charge >= 0.3 is 0 Å². The van der Waals surface area contributed by atoms with Crippen LogP contribution in [0.4, 0.5) is 5.82 Å². The summed E-state index contributed by atoms with van der Waals surface area (Å²) in [5, 5.41) is 8.49. The Bertz CT molecular complexity index is 716. The van der Waals surface area contributed by atoms with Gasteiger partial charge in [0.25, 0.3) is 0 Å². The fraction of sp³-hybridized carbons (Fsp3) is 0.421. The third-order valence-electron chi connectivity index (χ3n) is 5.10. The van der Waals surface area contributed by atoms with Crippen LogP contribution >= 0.6 is 0 Å². The Kier molecular flexibility index (Phi) is 3.92. The van der Waals surface area contributed by atoms with E-state index in [1.807, 2.05) is 37.3 Å². The number of nitrogens with zero attached hydrogens (tertiary/aromatic N) is 4. The molecule has 3 aliphatic rings. The van der Waals surface area contributed by atoms with E-state index in [1.54, 1.807) is 0 Å². The summed E-state index contributed by atoms with van der Waals surface area (Å²) in [4.78, 5) is 17.2. The largest absolute Gasteiger partial charge is 0.352 e. The molecule has 24 heavy (non-hydrogen) atoms. The van der Waals surface area contributed by atoms with Crippen molar-refractivity contribution in [2.45, 2.75) is 32.4 Å². The van der Waals surface area contributed by atoms with Crippen molar-refractivity contribution >= 4 is 11.7 Å². The Labute approximate surface area is 142 Å².